The molecule has 0 N–H and O–H groups in total. The molecule has 1 amide bonds. The maximum Gasteiger partial charge on any atom is 0.231 e. The molecule has 4 heteroatoms. The van der Waals surface area contributed by atoms with Gasteiger partial charge in [0.1, 0.15) is 0 Å². The predicted molar refractivity (Wildman–Crippen MR) is 108 cm³/mol. The fourth-order valence-corrected chi connectivity index (χ4v) is 3.35. The van der Waals surface area contributed by atoms with Crippen LogP contribution in [0.2, 0.25) is 0 Å². The largest absolute Gasteiger partial charge is 0.454 e. The van der Waals surface area contributed by atoms with E-state index in [1.807, 2.05) is 59.5 Å². The number of hydrogen-bond donors (Lipinski definition) is 0. The molecule has 3 aromatic rings. The maximum atomic E-state index is 13.0. The topological polar surface area (TPSA) is 38.8 Å². The summed E-state index contributed by atoms with van der Waals surface area (Å²) < 4.78 is 10.9. The third-order valence-electron chi connectivity index (χ3n) is 4.85. The number of aryl methyl sites for hydroxylation is 1. The summed E-state index contributed by atoms with van der Waals surface area (Å²) in [4.78, 5) is 14.9. The van der Waals surface area contributed by atoms with Gasteiger partial charge >= 0.3 is 0 Å². The highest BCUT2D eigenvalue weighted by Crippen LogP contribution is 2.33. The van der Waals surface area contributed by atoms with Crippen molar-refractivity contribution in [2.24, 2.45) is 0 Å². The van der Waals surface area contributed by atoms with Crippen molar-refractivity contribution < 1.29 is 14.3 Å². The number of benzene rings is 3. The molecule has 0 atom stereocenters. The Kier molecular flexibility index (Phi) is 5.57. The van der Waals surface area contributed by atoms with Crippen molar-refractivity contribution >= 4 is 5.91 Å². The molecule has 142 valence electrons. The maximum absolute atomic E-state index is 13.0. The van der Waals surface area contributed by atoms with Crippen LogP contribution in [0.15, 0.2) is 78.9 Å². The zero-order valence-corrected chi connectivity index (χ0v) is 15.7. The van der Waals surface area contributed by atoms with Gasteiger partial charge in [-0.05, 0) is 35.2 Å². The number of carbonyl (C=O) groups excluding carboxylic acids is 1. The highest BCUT2D eigenvalue weighted by atomic mass is 16.7. The Balaban J connectivity index is 1.48. The van der Waals surface area contributed by atoms with Gasteiger partial charge < -0.3 is 14.4 Å². The molecule has 0 radical (unpaired) electrons. The summed E-state index contributed by atoms with van der Waals surface area (Å²) in [5.41, 5.74) is 3.34. The van der Waals surface area contributed by atoms with Gasteiger partial charge in [-0.3, -0.25) is 4.79 Å². The van der Waals surface area contributed by atoms with Gasteiger partial charge in [-0.2, -0.15) is 0 Å². The van der Waals surface area contributed by atoms with Gasteiger partial charge in [-0.25, -0.2) is 0 Å². The van der Waals surface area contributed by atoms with Crippen molar-refractivity contribution in [3.05, 3.63) is 95.6 Å². The Hall–Kier alpha value is -3.27. The summed E-state index contributed by atoms with van der Waals surface area (Å²) in [6.45, 7) is 1.38. The minimum Gasteiger partial charge on any atom is -0.454 e. The second-order valence-electron chi connectivity index (χ2n) is 6.91. The minimum absolute atomic E-state index is 0.144. The Morgan fingerprint density at radius 3 is 2.14 bits per heavy atom. The van der Waals surface area contributed by atoms with Crippen molar-refractivity contribution in [3.8, 4) is 11.5 Å². The van der Waals surface area contributed by atoms with Crippen LogP contribution >= 0.6 is 0 Å². The van der Waals surface area contributed by atoms with E-state index in [0.717, 1.165) is 29.0 Å². The SMILES string of the molecule is O=C(CCc1ccccc1)N(Cc1ccccc1)Cc1ccc2c(c1)OCO2. The molecule has 0 aliphatic carbocycles. The fraction of sp³-hybridized carbons (Fsp3) is 0.208. The highest BCUT2D eigenvalue weighted by molar-refractivity contribution is 5.76. The van der Waals surface area contributed by atoms with Crippen molar-refractivity contribution in [1.82, 2.24) is 4.90 Å². The van der Waals surface area contributed by atoms with E-state index >= 15 is 0 Å². The lowest BCUT2D eigenvalue weighted by Crippen LogP contribution is -2.30. The lowest BCUT2D eigenvalue weighted by molar-refractivity contribution is -0.132. The van der Waals surface area contributed by atoms with E-state index in [1.54, 1.807) is 0 Å². The average molecular weight is 373 g/mol. The van der Waals surface area contributed by atoms with Crippen LogP contribution < -0.4 is 9.47 Å². The van der Waals surface area contributed by atoms with Crippen LogP contribution in [0.1, 0.15) is 23.1 Å². The molecule has 1 heterocycles. The number of nitrogens with zero attached hydrogens (tertiary/aromatic N) is 1. The lowest BCUT2D eigenvalue weighted by atomic mass is 10.1. The molecule has 0 fully saturated rings. The number of fused-ring (bicyclic) bond motifs is 1. The summed E-state index contributed by atoms with van der Waals surface area (Å²) in [6, 6.07) is 26.1. The molecule has 1 aliphatic rings. The van der Waals surface area contributed by atoms with Gasteiger partial charge in [-0.15, -0.1) is 0 Å². The van der Waals surface area contributed by atoms with Crippen LogP contribution in [0.4, 0.5) is 0 Å². The van der Waals surface area contributed by atoms with Gasteiger partial charge in [0.05, 0.1) is 0 Å². The van der Waals surface area contributed by atoms with Crippen LogP contribution in [-0.4, -0.2) is 17.6 Å². The van der Waals surface area contributed by atoms with Crippen LogP contribution in [0.25, 0.3) is 0 Å². The smallest absolute Gasteiger partial charge is 0.231 e. The van der Waals surface area contributed by atoms with Gasteiger partial charge in [0.2, 0.25) is 12.7 Å². The van der Waals surface area contributed by atoms with Crippen LogP contribution in [-0.2, 0) is 24.3 Å². The molecule has 4 nitrogen and oxygen atoms in total. The molecule has 1 aliphatic heterocycles. The fourth-order valence-electron chi connectivity index (χ4n) is 3.35. The quantitative estimate of drug-likeness (QED) is 0.609. The number of amides is 1. The normalized spacial score (nSPS) is 12.0. The summed E-state index contributed by atoms with van der Waals surface area (Å²) in [5.74, 6) is 1.65. The van der Waals surface area contributed by atoms with Gasteiger partial charge in [0.25, 0.3) is 0 Å². The predicted octanol–water partition coefficient (Wildman–Crippen LogP) is 4.58. The first-order valence-corrected chi connectivity index (χ1v) is 9.52. The Morgan fingerprint density at radius 2 is 1.39 bits per heavy atom. The molecule has 0 aromatic heterocycles. The Labute approximate surface area is 165 Å². The molecule has 3 aromatic carbocycles. The first-order valence-electron chi connectivity index (χ1n) is 9.52. The summed E-state index contributed by atoms with van der Waals surface area (Å²) in [6.07, 6.45) is 1.23. The molecule has 0 saturated carbocycles. The number of hydrogen-bond acceptors (Lipinski definition) is 3. The molecular weight excluding hydrogens is 350 g/mol. The third-order valence-corrected chi connectivity index (χ3v) is 4.85. The summed E-state index contributed by atoms with van der Waals surface area (Å²) in [5, 5.41) is 0. The minimum atomic E-state index is 0.144. The number of rotatable bonds is 7. The first kappa shape index (κ1) is 18.1. The molecule has 0 bridgehead atoms. The third kappa shape index (κ3) is 4.52. The van der Waals surface area contributed by atoms with E-state index in [2.05, 4.69) is 24.3 Å². The van der Waals surface area contributed by atoms with Crippen molar-refractivity contribution in [3.63, 3.8) is 0 Å². The lowest BCUT2D eigenvalue weighted by Gasteiger charge is -2.23. The molecule has 28 heavy (non-hydrogen) atoms. The van der Waals surface area contributed by atoms with E-state index < -0.39 is 0 Å². The first-order chi connectivity index (χ1) is 13.8. The summed E-state index contributed by atoms with van der Waals surface area (Å²) >= 11 is 0. The Morgan fingerprint density at radius 1 is 0.750 bits per heavy atom. The van der Waals surface area contributed by atoms with Crippen LogP contribution in [0.3, 0.4) is 0 Å². The second kappa shape index (κ2) is 8.61. The van der Waals surface area contributed by atoms with Crippen LogP contribution in [0, 0.1) is 0 Å². The standard InChI is InChI=1S/C24H23NO3/c26-24(14-12-19-7-3-1-4-8-19)25(16-20-9-5-2-6-10-20)17-21-11-13-22-23(15-21)28-18-27-22/h1-11,13,15H,12,14,16-18H2. The molecular formula is C24H23NO3. The van der Waals surface area contributed by atoms with Gasteiger partial charge in [-0.1, -0.05) is 66.7 Å². The van der Waals surface area contributed by atoms with E-state index in [-0.39, 0.29) is 12.7 Å². The molecule has 0 unspecified atom stereocenters. The van der Waals surface area contributed by atoms with Crippen molar-refractivity contribution in [2.75, 3.05) is 6.79 Å². The van der Waals surface area contributed by atoms with E-state index in [1.165, 1.54) is 5.56 Å². The highest BCUT2D eigenvalue weighted by Gasteiger charge is 2.18. The van der Waals surface area contributed by atoms with Crippen molar-refractivity contribution in [2.45, 2.75) is 25.9 Å². The second-order valence-corrected chi connectivity index (χ2v) is 6.91. The van der Waals surface area contributed by atoms with Crippen LogP contribution in [0.5, 0.6) is 11.5 Å². The number of carbonyl (C=O) groups is 1. The Bertz CT molecular complexity index is 925. The number of ether oxygens (including phenoxy) is 2. The molecule has 4 rings (SSSR count). The zero-order valence-electron chi connectivity index (χ0n) is 15.7. The monoisotopic (exact) mass is 373 g/mol. The van der Waals surface area contributed by atoms with E-state index in [9.17, 15) is 4.79 Å². The molecule has 0 saturated heterocycles. The van der Waals surface area contributed by atoms with E-state index in [4.69, 9.17) is 9.47 Å². The van der Waals surface area contributed by atoms with Crippen molar-refractivity contribution in [1.29, 1.82) is 0 Å². The van der Waals surface area contributed by atoms with Gasteiger partial charge in [0, 0.05) is 19.5 Å². The molecule has 0 spiro atoms. The average Bonchev–Trinajstić information content (AvgIpc) is 3.21. The zero-order chi connectivity index (χ0) is 19.2. The van der Waals surface area contributed by atoms with E-state index in [0.29, 0.717) is 19.5 Å². The van der Waals surface area contributed by atoms with Gasteiger partial charge in [0.15, 0.2) is 11.5 Å². The summed E-state index contributed by atoms with van der Waals surface area (Å²) in [7, 11) is 0.